The summed E-state index contributed by atoms with van der Waals surface area (Å²) in [4.78, 5) is 12.0. The van der Waals surface area contributed by atoms with Crippen LogP contribution in [0.25, 0.3) is 0 Å². The van der Waals surface area contributed by atoms with E-state index in [0.29, 0.717) is 18.0 Å². The molecular formula is C20H24N3O4S+. The average Bonchev–Trinajstić information content (AvgIpc) is 3.17. The molecule has 0 unspecified atom stereocenters. The molecule has 1 saturated heterocycles. The van der Waals surface area contributed by atoms with Crippen molar-refractivity contribution in [1.29, 1.82) is 0 Å². The number of aryl methyl sites for hydroxylation is 2. The standard InChI is InChI=1S/C20H23N3O4S/c24-23(25)19-7-4-16(5-8-19)15-21-10-12-22(13-11-21)28(26,27)20-9-6-17-2-1-3-18(17)14-20/h4-9,14H,1-3,10-13,15H2/p+1. The fraction of sp³-hybridized carbons (Fsp3) is 0.400. The maximum Gasteiger partial charge on any atom is 0.269 e. The number of quaternary nitrogens is 1. The number of fused-ring (bicyclic) bond motifs is 1. The second-order valence-electron chi connectivity index (χ2n) is 7.54. The molecule has 0 saturated carbocycles. The third-order valence-electron chi connectivity index (χ3n) is 5.74. The zero-order chi connectivity index (χ0) is 19.7. The van der Waals surface area contributed by atoms with Crippen LogP contribution in [0.3, 0.4) is 0 Å². The van der Waals surface area contributed by atoms with Crippen molar-refractivity contribution >= 4 is 15.7 Å². The van der Waals surface area contributed by atoms with Gasteiger partial charge in [0.1, 0.15) is 6.54 Å². The van der Waals surface area contributed by atoms with Gasteiger partial charge in [0, 0.05) is 17.7 Å². The molecular weight excluding hydrogens is 378 g/mol. The Morgan fingerprint density at radius 1 is 1.00 bits per heavy atom. The van der Waals surface area contributed by atoms with E-state index in [0.717, 1.165) is 44.5 Å². The van der Waals surface area contributed by atoms with Gasteiger partial charge in [0.25, 0.3) is 5.69 Å². The van der Waals surface area contributed by atoms with Crippen LogP contribution in [0.1, 0.15) is 23.1 Å². The summed E-state index contributed by atoms with van der Waals surface area (Å²) in [6.45, 7) is 3.16. The summed E-state index contributed by atoms with van der Waals surface area (Å²) < 4.78 is 27.6. The summed E-state index contributed by atoms with van der Waals surface area (Å²) in [5.74, 6) is 0. The molecule has 7 nitrogen and oxygen atoms in total. The van der Waals surface area contributed by atoms with Gasteiger partial charge in [-0.2, -0.15) is 4.31 Å². The number of hydrogen-bond acceptors (Lipinski definition) is 4. The first-order chi connectivity index (χ1) is 13.4. The van der Waals surface area contributed by atoms with Gasteiger partial charge in [0.15, 0.2) is 0 Å². The molecule has 1 N–H and O–H groups in total. The number of nitro benzene ring substituents is 1. The Morgan fingerprint density at radius 3 is 2.36 bits per heavy atom. The number of benzene rings is 2. The van der Waals surface area contributed by atoms with E-state index in [1.165, 1.54) is 28.2 Å². The van der Waals surface area contributed by atoms with E-state index in [9.17, 15) is 18.5 Å². The fourth-order valence-corrected chi connectivity index (χ4v) is 5.59. The van der Waals surface area contributed by atoms with E-state index in [4.69, 9.17) is 0 Å². The van der Waals surface area contributed by atoms with Crippen LogP contribution in [0.5, 0.6) is 0 Å². The summed E-state index contributed by atoms with van der Waals surface area (Å²) >= 11 is 0. The average molecular weight is 402 g/mol. The predicted molar refractivity (Wildman–Crippen MR) is 105 cm³/mol. The van der Waals surface area contributed by atoms with Gasteiger partial charge in [0.2, 0.25) is 10.0 Å². The van der Waals surface area contributed by atoms with Crippen molar-refractivity contribution in [3.8, 4) is 0 Å². The number of non-ortho nitro benzene ring substituents is 1. The van der Waals surface area contributed by atoms with E-state index in [2.05, 4.69) is 0 Å². The summed E-state index contributed by atoms with van der Waals surface area (Å²) in [5.41, 5.74) is 3.55. The zero-order valence-electron chi connectivity index (χ0n) is 15.6. The van der Waals surface area contributed by atoms with Crippen LogP contribution in [0.4, 0.5) is 5.69 Å². The van der Waals surface area contributed by atoms with Crippen molar-refractivity contribution in [2.45, 2.75) is 30.7 Å². The Hall–Kier alpha value is -2.29. The molecule has 1 aliphatic carbocycles. The van der Waals surface area contributed by atoms with Crippen LogP contribution in [0, 0.1) is 10.1 Å². The van der Waals surface area contributed by atoms with E-state index >= 15 is 0 Å². The Balaban J connectivity index is 1.38. The third-order valence-corrected chi connectivity index (χ3v) is 7.63. The Bertz CT molecular complexity index is 981. The molecule has 4 rings (SSSR count). The monoisotopic (exact) mass is 402 g/mol. The number of nitrogens with zero attached hydrogens (tertiary/aromatic N) is 2. The first-order valence-corrected chi connectivity index (χ1v) is 11.1. The van der Waals surface area contributed by atoms with Crippen LogP contribution >= 0.6 is 0 Å². The molecule has 0 radical (unpaired) electrons. The van der Waals surface area contributed by atoms with Crippen LogP contribution < -0.4 is 4.90 Å². The molecule has 148 valence electrons. The molecule has 28 heavy (non-hydrogen) atoms. The van der Waals surface area contributed by atoms with Crippen molar-refractivity contribution < 1.29 is 18.2 Å². The topological polar surface area (TPSA) is 85.0 Å². The minimum Gasteiger partial charge on any atom is -0.329 e. The first kappa shape index (κ1) is 19.0. The van der Waals surface area contributed by atoms with Gasteiger partial charge in [-0.3, -0.25) is 10.1 Å². The van der Waals surface area contributed by atoms with Crippen LogP contribution in [0.15, 0.2) is 47.4 Å². The third kappa shape index (κ3) is 3.80. The van der Waals surface area contributed by atoms with Crippen molar-refractivity contribution in [3.05, 3.63) is 69.3 Å². The lowest BCUT2D eigenvalue weighted by molar-refractivity contribution is -0.917. The molecule has 1 heterocycles. The number of sulfonamides is 1. The van der Waals surface area contributed by atoms with Gasteiger partial charge in [-0.15, -0.1) is 0 Å². The highest BCUT2D eigenvalue weighted by molar-refractivity contribution is 7.89. The number of hydrogen-bond donors (Lipinski definition) is 1. The lowest BCUT2D eigenvalue weighted by Crippen LogP contribution is -3.13. The summed E-state index contributed by atoms with van der Waals surface area (Å²) in [6.07, 6.45) is 3.11. The van der Waals surface area contributed by atoms with E-state index in [1.807, 2.05) is 12.1 Å². The molecule has 0 spiro atoms. The molecule has 0 atom stereocenters. The van der Waals surface area contributed by atoms with Crippen molar-refractivity contribution in [1.82, 2.24) is 4.31 Å². The molecule has 0 amide bonds. The molecule has 2 aliphatic rings. The van der Waals surface area contributed by atoms with Crippen LogP contribution in [0.2, 0.25) is 0 Å². The summed E-state index contributed by atoms with van der Waals surface area (Å²) in [5, 5.41) is 10.7. The van der Waals surface area contributed by atoms with E-state index in [1.54, 1.807) is 22.5 Å². The number of rotatable bonds is 5. The number of piperazine rings is 1. The van der Waals surface area contributed by atoms with Gasteiger partial charge in [-0.1, -0.05) is 6.07 Å². The summed E-state index contributed by atoms with van der Waals surface area (Å²) in [6, 6.07) is 12.2. The molecule has 8 heteroatoms. The first-order valence-electron chi connectivity index (χ1n) is 9.62. The highest BCUT2D eigenvalue weighted by Crippen LogP contribution is 2.26. The van der Waals surface area contributed by atoms with Gasteiger partial charge in [-0.25, -0.2) is 8.42 Å². The quantitative estimate of drug-likeness (QED) is 0.601. The highest BCUT2D eigenvalue weighted by atomic mass is 32.2. The summed E-state index contributed by atoms with van der Waals surface area (Å²) in [7, 11) is -3.45. The Kier molecular flexibility index (Phi) is 5.18. The minimum atomic E-state index is -3.45. The van der Waals surface area contributed by atoms with Gasteiger partial charge in [0.05, 0.1) is 36.0 Å². The van der Waals surface area contributed by atoms with Gasteiger partial charge < -0.3 is 4.90 Å². The SMILES string of the molecule is O=[N+]([O-])c1ccc(C[NH+]2CCN(S(=O)(=O)c3ccc4c(c3)CCC4)CC2)cc1. The van der Waals surface area contributed by atoms with Crippen molar-refractivity contribution in [2.24, 2.45) is 0 Å². The van der Waals surface area contributed by atoms with Gasteiger partial charge >= 0.3 is 0 Å². The number of nitrogens with one attached hydrogen (secondary N) is 1. The molecule has 0 bridgehead atoms. The van der Waals surface area contributed by atoms with Crippen molar-refractivity contribution in [3.63, 3.8) is 0 Å². The fourth-order valence-electron chi connectivity index (χ4n) is 4.10. The van der Waals surface area contributed by atoms with Gasteiger partial charge in [-0.05, 0) is 54.7 Å². The maximum absolute atomic E-state index is 13.0. The molecule has 2 aromatic carbocycles. The van der Waals surface area contributed by atoms with Crippen LogP contribution in [-0.2, 0) is 29.4 Å². The largest absolute Gasteiger partial charge is 0.329 e. The predicted octanol–water partition coefficient (Wildman–Crippen LogP) is 1.17. The minimum absolute atomic E-state index is 0.0870. The zero-order valence-corrected chi connectivity index (χ0v) is 16.5. The lowest BCUT2D eigenvalue weighted by atomic mass is 10.1. The molecule has 1 aliphatic heterocycles. The van der Waals surface area contributed by atoms with Crippen LogP contribution in [-0.4, -0.2) is 43.8 Å². The highest BCUT2D eigenvalue weighted by Gasteiger charge is 2.31. The molecule has 1 fully saturated rings. The maximum atomic E-state index is 13.0. The molecule has 2 aromatic rings. The van der Waals surface area contributed by atoms with Crippen molar-refractivity contribution in [2.75, 3.05) is 26.2 Å². The molecule has 0 aromatic heterocycles. The normalized spacial score (nSPS) is 18.1. The van der Waals surface area contributed by atoms with E-state index < -0.39 is 14.9 Å². The second-order valence-corrected chi connectivity index (χ2v) is 9.48. The van der Waals surface area contributed by atoms with E-state index in [-0.39, 0.29) is 5.69 Å². The smallest absolute Gasteiger partial charge is 0.269 e. The Morgan fingerprint density at radius 2 is 1.68 bits per heavy atom. The Labute approximate surface area is 164 Å². The number of nitro groups is 1. The second kappa shape index (κ2) is 7.62. The lowest BCUT2D eigenvalue weighted by Gasteiger charge is -2.31.